The molecule has 4 N–H and O–H groups in total. The molecular formula is C39H46BrClN4O6. The van der Waals surface area contributed by atoms with Crippen molar-refractivity contribution in [1.82, 2.24) is 9.13 Å². The summed E-state index contributed by atoms with van der Waals surface area (Å²) < 4.78 is 15.4. The monoisotopic (exact) mass is 780 g/mol. The molecule has 4 aliphatic rings. The van der Waals surface area contributed by atoms with Crippen molar-refractivity contribution in [1.29, 1.82) is 0 Å². The molecule has 12 heteroatoms. The van der Waals surface area contributed by atoms with E-state index in [0.29, 0.717) is 29.5 Å². The highest BCUT2D eigenvalue weighted by Crippen LogP contribution is 2.45. The van der Waals surface area contributed by atoms with Crippen molar-refractivity contribution in [2.24, 2.45) is 23.7 Å². The fourth-order valence-corrected chi connectivity index (χ4v) is 9.98. The Bertz CT molecular complexity index is 1940. The molecule has 0 spiro atoms. The molecule has 2 amide bonds. The van der Waals surface area contributed by atoms with Gasteiger partial charge in [-0.15, -0.1) is 0 Å². The first-order chi connectivity index (χ1) is 24.6. The van der Waals surface area contributed by atoms with Crippen molar-refractivity contribution < 1.29 is 29.3 Å². The average molecular weight is 782 g/mol. The van der Waals surface area contributed by atoms with Crippen LogP contribution in [-0.4, -0.2) is 68.8 Å². The number of nitrogens with zero attached hydrogens (tertiary/aromatic N) is 2. The van der Waals surface area contributed by atoms with Gasteiger partial charge < -0.3 is 39.5 Å². The Balaban J connectivity index is 1.15. The Morgan fingerprint density at radius 3 is 1.69 bits per heavy atom. The van der Waals surface area contributed by atoms with Crippen LogP contribution in [0.1, 0.15) is 57.8 Å². The lowest BCUT2D eigenvalue weighted by molar-refractivity contribution is -0.184. The standard InChI is InChI=1S/C39H46BrClN4O6/c40-26-12-6-14-30-34(26)28(16-44(30)18-38(48)20-50-21-38)42-36(46)33(25-10-4-5-11-25)32(24-8-2-1-3-9-24)37(47)43-29-17-45(19-39(49)22-51-23-39)31-15-7-13-27(41)35(29)31/h6-7,12-17,24-25,32-33,48-49H,1-5,8-11,18-23H2,(H,42,46)(H,43,47). The quantitative estimate of drug-likeness (QED) is 0.129. The number of ether oxygens (including phenoxy) is 2. The van der Waals surface area contributed by atoms with Gasteiger partial charge in [-0.25, -0.2) is 0 Å². The summed E-state index contributed by atoms with van der Waals surface area (Å²) in [6, 6.07) is 11.5. The average Bonchev–Trinajstić information content (AvgIpc) is 3.82. The van der Waals surface area contributed by atoms with Crippen molar-refractivity contribution >= 4 is 72.5 Å². The number of anilines is 2. The molecule has 4 heterocycles. The number of aromatic nitrogens is 2. The SMILES string of the molecule is O=C(Nc1cn(CC2(O)COC2)c2cccc(Cl)c12)C(C1CCCCC1)C(C(=O)Nc1cn(CC2(O)COC2)c2cccc(Br)c12)C1CCCC1. The fourth-order valence-electron chi connectivity index (χ4n) is 9.14. The molecule has 2 aliphatic carbocycles. The topological polar surface area (TPSA) is 127 Å². The first-order valence-corrected chi connectivity index (χ1v) is 19.6. The predicted molar refractivity (Wildman–Crippen MR) is 201 cm³/mol. The van der Waals surface area contributed by atoms with E-state index in [0.717, 1.165) is 84.1 Å². The van der Waals surface area contributed by atoms with Gasteiger partial charge in [0.1, 0.15) is 11.2 Å². The number of rotatable bonds is 11. The number of benzene rings is 2. The maximum atomic E-state index is 14.9. The molecule has 4 aromatic rings. The van der Waals surface area contributed by atoms with E-state index >= 15 is 0 Å². The van der Waals surface area contributed by atoms with Crippen LogP contribution < -0.4 is 10.6 Å². The van der Waals surface area contributed by atoms with Crippen molar-refractivity contribution in [2.45, 2.75) is 82.1 Å². The Kier molecular flexibility index (Phi) is 9.73. The number of halogens is 2. The van der Waals surface area contributed by atoms with Gasteiger partial charge >= 0.3 is 0 Å². The van der Waals surface area contributed by atoms with Crippen molar-refractivity contribution in [3.63, 3.8) is 0 Å². The van der Waals surface area contributed by atoms with E-state index in [2.05, 4.69) is 26.6 Å². The van der Waals surface area contributed by atoms with Crippen LogP contribution in [0.25, 0.3) is 21.8 Å². The maximum absolute atomic E-state index is 14.9. The zero-order valence-electron chi connectivity index (χ0n) is 28.7. The molecule has 272 valence electrons. The second-order valence-electron chi connectivity index (χ2n) is 15.5. The summed E-state index contributed by atoms with van der Waals surface area (Å²) in [6.07, 6.45) is 12.6. The van der Waals surface area contributed by atoms with Crippen LogP contribution in [0.5, 0.6) is 0 Å². The van der Waals surface area contributed by atoms with E-state index in [1.807, 2.05) is 57.9 Å². The molecule has 2 saturated heterocycles. The molecule has 51 heavy (non-hydrogen) atoms. The van der Waals surface area contributed by atoms with Gasteiger partial charge in [0.2, 0.25) is 11.8 Å². The third kappa shape index (κ3) is 6.86. The molecule has 0 bridgehead atoms. The minimum absolute atomic E-state index is 0.0627. The molecule has 10 nitrogen and oxygen atoms in total. The van der Waals surface area contributed by atoms with E-state index < -0.39 is 23.0 Å². The Morgan fingerprint density at radius 2 is 1.20 bits per heavy atom. The van der Waals surface area contributed by atoms with E-state index in [1.165, 1.54) is 0 Å². The van der Waals surface area contributed by atoms with Crippen LogP contribution in [0, 0.1) is 23.7 Å². The van der Waals surface area contributed by atoms with E-state index in [9.17, 15) is 19.8 Å². The number of fused-ring (bicyclic) bond motifs is 2. The van der Waals surface area contributed by atoms with E-state index in [1.54, 1.807) is 0 Å². The van der Waals surface area contributed by atoms with Crippen LogP contribution in [0.3, 0.4) is 0 Å². The summed E-state index contributed by atoms with van der Waals surface area (Å²) in [5.41, 5.74) is 1.02. The second kappa shape index (κ2) is 14.1. The summed E-state index contributed by atoms with van der Waals surface area (Å²) in [5, 5.41) is 30.6. The second-order valence-corrected chi connectivity index (χ2v) is 16.8. The summed E-state index contributed by atoms with van der Waals surface area (Å²) >= 11 is 10.5. The van der Waals surface area contributed by atoms with Crippen molar-refractivity contribution in [3.8, 4) is 0 Å². The molecule has 2 aliphatic heterocycles. The molecule has 4 fully saturated rings. The van der Waals surface area contributed by atoms with Crippen molar-refractivity contribution in [3.05, 3.63) is 58.3 Å². The lowest BCUT2D eigenvalue weighted by Gasteiger charge is -2.37. The Labute approximate surface area is 310 Å². The molecule has 2 aromatic heterocycles. The highest BCUT2D eigenvalue weighted by atomic mass is 79.9. The first-order valence-electron chi connectivity index (χ1n) is 18.4. The number of carbonyl (C=O) groups is 2. The minimum atomic E-state index is -0.979. The van der Waals surface area contributed by atoms with Gasteiger partial charge in [-0.3, -0.25) is 9.59 Å². The van der Waals surface area contributed by atoms with Gasteiger partial charge in [0.15, 0.2) is 0 Å². The fraction of sp³-hybridized carbons (Fsp3) is 0.538. The van der Waals surface area contributed by atoms with E-state index in [-0.39, 0.29) is 50.1 Å². The van der Waals surface area contributed by atoms with Crippen LogP contribution in [-0.2, 0) is 32.2 Å². The molecule has 2 aromatic carbocycles. The van der Waals surface area contributed by atoms with Gasteiger partial charge in [0, 0.05) is 27.6 Å². The summed E-state index contributed by atoms with van der Waals surface area (Å²) in [5.74, 6) is -1.23. The minimum Gasteiger partial charge on any atom is -0.383 e. The third-order valence-electron chi connectivity index (χ3n) is 11.7. The number of aliphatic hydroxyl groups is 2. The normalized spacial score (nSPS) is 21.6. The zero-order valence-corrected chi connectivity index (χ0v) is 31.1. The van der Waals surface area contributed by atoms with Gasteiger partial charge in [0.25, 0.3) is 0 Å². The van der Waals surface area contributed by atoms with Gasteiger partial charge in [-0.2, -0.15) is 0 Å². The summed E-state index contributed by atoms with van der Waals surface area (Å²) in [4.78, 5) is 29.8. The summed E-state index contributed by atoms with van der Waals surface area (Å²) in [7, 11) is 0. The third-order valence-corrected chi connectivity index (χ3v) is 12.7. The maximum Gasteiger partial charge on any atom is 0.228 e. The zero-order chi connectivity index (χ0) is 35.3. The molecule has 2 atom stereocenters. The van der Waals surface area contributed by atoms with Crippen LogP contribution in [0.15, 0.2) is 53.3 Å². The van der Waals surface area contributed by atoms with Gasteiger partial charge in [-0.1, -0.05) is 71.8 Å². The number of hydrogen-bond acceptors (Lipinski definition) is 6. The number of amides is 2. The molecule has 8 rings (SSSR count). The largest absolute Gasteiger partial charge is 0.383 e. The number of carbonyl (C=O) groups excluding carboxylic acids is 2. The first kappa shape index (κ1) is 35.1. The van der Waals surface area contributed by atoms with Crippen LogP contribution in [0.4, 0.5) is 11.4 Å². The number of hydrogen-bond donors (Lipinski definition) is 4. The summed E-state index contributed by atoms with van der Waals surface area (Å²) in [6.45, 7) is 1.69. The lowest BCUT2D eigenvalue weighted by atomic mass is 9.68. The Hall–Kier alpha value is -2.93. The van der Waals surface area contributed by atoms with Gasteiger partial charge in [-0.05, 0) is 61.8 Å². The number of nitrogens with one attached hydrogen (secondary N) is 2. The predicted octanol–water partition coefficient (Wildman–Crippen LogP) is 7.11. The van der Waals surface area contributed by atoms with E-state index in [4.69, 9.17) is 21.1 Å². The highest BCUT2D eigenvalue weighted by molar-refractivity contribution is 9.10. The van der Waals surface area contributed by atoms with Gasteiger partial charge in [0.05, 0.1) is 78.8 Å². The smallest absolute Gasteiger partial charge is 0.228 e. The lowest BCUT2D eigenvalue weighted by Crippen LogP contribution is -2.52. The highest BCUT2D eigenvalue weighted by Gasteiger charge is 2.45. The molecular weight excluding hydrogens is 736 g/mol. The Morgan fingerprint density at radius 1 is 0.745 bits per heavy atom. The van der Waals surface area contributed by atoms with Crippen molar-refractivity contribution in [2.75, 3.05) is 37.1 Å². The molecule has 0 radical (unpaired) electrons. The molecule has 2 saturated carbocycles. The van der Waals surface area contributed by atoms with Crippen LogP contribution >= 0.6 is 27.5 Å². The molecule has 2 unspecified atom stereocenters. The van der Waals surface area contributed by atoms with Crippen LogP contribution in [0.2, 0.25) is 5.02 Å².